The van der Waals surface area contributed by atoms with Crippen LogP contribution >= 0.6 is 0 Å². The molecule has 0 aliphatic rings. The maximum absolute atomic E-state index is 5.65. The molecule has 0 saturated carbocycles. The molecule has 0 atom stereocenters. The van der Waals surface area contributed by atoms with Crippen LogP contribution in [0.5, 0.6) is 0 Å². The van der Waals surface area contributed by atoms with Crippen LogP contribution in [-0.4, -0.2) is 25.8 Å². The maximum atomic E-state index is 5.65. The summed E-state index contributed by atoms with van der Waals surface area (Å²) >= 11 is 0. The van der Waals surface area contributed by atoms with E-state index in [1.165, 1.54) is 64.2 Å². The fourth-order valence-electron chi connectivity index (χ4n) is 2.36. The van der Waals surface area contributed by atoms with Crippen molar-refractivity contribution in [3.8, 4) is 0 Å². The van der Waals surface area contributed by atoms with Crippen LogP contribution < -0.4 is 5.32 Å². The first-order valence-corrected chi connectivity index (χ1v) is 9.08. The predicted octanol–water partition coefficient (Wildman–Crippen LogP) is 5.31. The highest BCUT2D eigenvalue weighted by atomic mass is 16.5. The molecule has 2 heteroatoms. The van der Waals surface area contributed by atoms with Gasteiger partial charge in [-0.1, -0.05) is 78.6 Å². The molecule has 0 aliphatic heterocycles. The molecule has 0 heterocycles. The second-order valence-corrected chi connectivity index (χ2v) is 6.26. The van der Waals surface area contributed by atoms with Gasteiger partial charge in [-0.25, -0.2) is 0 Å². The van der Waals surface area contributed by atoms with Gasteiger partial charge in [-0.05, 0) is 19.4 Å². The standard InChI is InChI=1S/C18H39NO/c1-4-5-6-7-8-9-10-11-12-13-16-20-17-14-15-19-18(2)3/h18-19H,4-17H2,1-3H3. The van der Waals surface area contributed by atoms with Gasteiger partial charge in [0.1, 0.15) is 0 Å². The Kier molecular flexibility index (Phi) is 16.9. The predicted molar refractivity (Wildman–Crippen MR) is 90.4 cm³/mol. The van der Waals surface area contributed by atoms with E-state index < -0.39 is 0 Å². The molecule has 0 spiro atoms. The van der Waals surface area contributed by atoms with Crippen molar-refractivity contribution < 1.29 is 4.74 Å². The highest BCUT2D eigenvalue weighted by Crippen LogP contribution is 2.10. The summed E-state index contributed by atoms with van der Waals surface area (Å²) in [7, 11) is 0. The monoisotopic (exact) mass is 285 g/mol. The Bertz CT molecular complexity index is 171. The van der Waals surface area contributed by atoms with E-state index in [2.05, 4.69) is 26.1 Å². The maximum Gasteiger partial charge on any atom is 0.0478 e. The lowest BCUT2D eigenvalue weighted by Crippen LogP contribution is -2.24. The summed E-state index contributed by atoms with van der Waals surface area (Å²) in [6.07, 6.45) is 15.1. The quantitative estimate of drug-likeness (QED) is 0.388. The molecule has 122 valence electrons. The zero-order chi connectivity index (χ0) is 14.9. The van der Waals surface area contributed by atoms with Crippen LogP contribution in [-0.2, 0) is 4.74 Å². The molecule has 1 N–H and O–H groups in total. The fourth-order valence-corrected chi connectivity index (χ4v) is 2.36. The number of rotatable bonds is 16. The summed E-state index contributed by atoms with van der Waals surface area (Å²) < 4.78 is 5.65. The molecule has 0 aromatic carbocycles. The summed E-state index contributed by atoms with van der Waals surface area (Å²) in [5, 5.41) is 3.41. The number of hydrogen-bond acceptors (Lipinski definition) is 2. The number of ether oxygens (including phenoxy) is 1. The van der Waals surface area contributed by atoms with E-state index >= 15 is 0 Å². The third-order valence-corrected chi connectivity index (χ3v) is 3.66. The van der Waals surface area contributed by atoms with E-state index in [0.29, 0.717) is 6.04 Å². The minimum Gasteiger partial charge on any atom is -0.381 e. The molecule has 0 fully saturated rings. The van der Waals surface area contributed by atoms with Crippen molar-refractivity contribution in [2.24, 2.45) is 0 Å². The van der Waals surface area contributed by atoms with Crippen molar-refractivity contribution in [1.82, 2.24) is 5.32 Å². The molecule has 0 aliphatic carbocycles. The fraction of sp³-hybridized carbons (Fsp3) is 1.00. The van der Waals surface area contributed by atoms with Crippen molar-refractivity contribution in [1.29, 1.82) is 0 Å². The van der Waals surface area contributed by atoms with Gasteiger partial charge in [-0.15, -0.1) is 0 Å². The normalized spacial score (nSPS) is 11.4. The van der Waals surface area contributed by atoms with Crippen LogP contribution in [0, 0.1) is 0 Å². The van der Waals surface area contributed by atoms with E-state index in [-0.39, 0.29) is 0 Å². The molecule has 2 nitrogen and oxygen atoms in total. The minimum absolute atomic E-state index is 0.594. The number of nitrogens with one attached hydrogen (secondary N) is 1. The molecule has 0 aromatic rings. The van der Waals surface area contributed by atoms with Crippen LogP contribution in [0.1, 0.15) is 91.4 Å². The van der Waals surface area contributed by atoms with Gasteiger partial charge in [0.25, 0.3) is 0 Å². The molecule has 0 amide bonds. The topological polar surface area (TPSA) is 21.3 Å². The van der Waals surface area contributed by atoms with Gasteiger partial charge in [0.05, 0.1) is 0 Å². The van der Waals surface area contributed by atoms with Gasteiger partial charge < -0.3 is 10.1 Å². The van der Waals surface area contributed by atoms with E-state index in [4.69, 9.17) is 4.74 Å². The summed E-state index contributed by atoms with van der Waals surface area (Å²) in [4.78, 5) is 0. The Morgan fingerprint density at radius 3 is 1.75 bits per heavy atom. The van der Waals surface area contributed by atoms with Crippen molar-refractivity contribution in [2.45, 2.75) is 97.4 Å². The molecule has 20 heavy (non-hydrogen) atoms. The molecule has 0 rings (SSSR count). The molecule has 0 unspecified atom stereocenters. The van der Waals surface area contributed by atoms with Crippen LogP contribution in [0.2, 0.25) is 0 Å². The first-order chi connectivity index (χ1) is 9.77. The zero-order valence-corrected chi connectivity index (χ0v) is 14.4. The summed E-state index contributed by atoms with van der Waals surface area (Å²) in [5.41, 5.74) is 0. The SMILES string of the molecule is CCCCCCCCCCCCOCCCNC(C)C. The van der Waals surface area contributed by atoms with Crippen LogP contribution in [0.15, 0.2) is 0 Å². The second-order valence-electron chi connectivity index (χ2n) is 6.26. The first kappa shape index (κ1) is 19.9. The Labute approximate surface area is 128 Å². The van der Waals surface area contributed by atoms with Gasteiger partial charge in [0.15, 0.2) is 0 Å². The Morgan fingerprint density at radius 2 is 1.20 bits per heavy atom. The lowest BCUT2D eigenvalue weighted by Gasteiger charge is -2.08. The average Bonchev–Trinajstić information content (AvgIpc) is 2.43. The highest BCUT2D eigenvalue weighted by Gasteiger charge is 1.94. The molecule has 0 bridgehead atoms. The summed E-state index contributed by atoms with van der Waals surface area (Å²) in [5.74, 6) is 0. The van der Waals surface area contributed by atoms with Crippen molar-refractivity contribution in [3.05, 3.63) is 0 Å². The van der Waals surface area contributed by atoms with Gasteiger partial charge >= 0.3 is 0 Å². The first-order valence-electron chi connectivity index (χ1n) is 9.08. The van der Waals surface area contributed by atoms with Crippen molar-refractivity contribution >= 4 is 0 Å². The lowest BCUT2D eigenvalue weighted by molar-refractivity contribution is 0.127. The van der Waals surface area contributed by atoms with Gasteiger partial charge in [-0.2, -0.15) is 0 Å². The molecular formula is C18H39NO. The van der Waals surface area contributed by atoms with Gasteiger partial charge in [0, 0.05) is 19.3 Å². The largest absolute Gasteiger partial charge is 0.381 e. The van der Waals surface area contributed by atoms with Gasteiger partial charge in [0.2, 0.25) is 0 Å². The minimum atomic E-state index is 0.594. The molecule has 0 aromatic heterocycles. The second kappa shape index (κ2) is 17.0. The number of hydrogen-bond donors (Lipinski definition) is 1. The third kappa shape index (κ3) is 17.9. The highest BCUT2D eigenvalue weighted by molar-refractivity contribution is 4.52. The van der Waals surface area contributed by atoms with Crippen molar-refractivity contribution in [2.75, 3.05) is 19.8 Å². The van der Waals surface area contributed by atoms with Crippen LogP contribution in [0.25, 0.3) is 0 Å². The van der Waals surface area contributed by atoms with Gasteiger partial charge in [-0.3, -0.25) is 0 Å². The summed E-state index contributed by atoms with van der Waals surface area (Å²) in [6.45, 7) is 9.60. The third-order valence-electron chi connectivity index (χ3n) is 3.66. The average molecular weight is 286 g/mol. The van der Waals surface area contributed by atoms with E-state index in [1.807, 2.05) is 0 Å². The Morgan fingerprint density at radius 1 is 0.700 bits per heavy atom. The van der Waals surface area contributed by atoms with Crippen molar-refractivity contribution in [3.63, 3.8) is 0 Å². The van der Waals surface area contributed by atoms with E-state index in [0.717, 1.165) is 26.2 Å². The number of unbranched alkanes of at least 4 members (excludes halogenated alkanes) is 9. The Balaban J connectivity index is 2.92. The molecule has 0 radical (unpaired) electrons. The zero-order valence-electron chi connectivity index (χ0n) is 14.4. The van der Waals surface area contributed by atoms with E-state index in [1.54, 1.807) is 0 Å². The smallest absolute Gasteiger partial charge is 0.0478 e. The van der Waals surface area contributed by atoms with Crippen LogP contribution in [0.3, 0.4) is 0 Å². The van der Waals surface area contributed by atoms with Crippen LogP contribution in [0.4, 0.5) is 0 Å². The lowest BCUT2D eigenvalue weighted by atomic mass is 10.1. The molecular weight excluding hydrogens is 246 g/mol. The Hall–Kier alpha value is -0.0800. The summed E-state index contributed by atoms with van der Waals surface area (Å²) in [6, 6.07) is 0.594. The molecule has 0 saturated heterocycles. The van der Waals surface area contributed by atoms with E-state index in [9.17, 15) is 0 Å².